The van der Waals surface area contributed by atoms with Crippen LogP contribution in [0.2, 0.25) is 5.02 Å². The summed E-state index contributed by atoms with van der Waals surface area (Å²) in [6, 6.07) is 0. The first kappa shape index (κ1) is 19.8. The molecule has 0 bridgehead atoms. The van der Waals surface area contributed by atoms with Gasteiger partial charge in [0.05, 0.1) is 16.9 Å². The van der Waals surface area contributed by atoms with Gasteiger partial charge in [0.1, 0.15) is 11.2 Å². The summed E-state index contributed by atoms with van der Waals surface area (Å²) in [6.45, 7) is 3.01. The van der Waals surface area contributed by atoms with E-state index >= 15 is 0 Å². The van der Waals surface area contributed by atoms with Crippen LogP contribution < -0.4 is 5.76 Å². The number of imidazole rings is 1. The fraction of sp³-hybridized carbons (Fsp3) is 0.400. The van der Waals surface area contributed by atoms with Crippen LogP contribution in [0.15, 0.2) is 28.0 Å². The van der Waals surface area contributed by atoms with Crippen LogP contribution in [-0.4, -0.2) is 34.6 Å². The molecule has 0 aliphatic heterocycles. The second kappa shape index (κ2) is 7.84. The number of pyridine rings is 1. The summed E-state index contributed by atoms with van der Waals surface area (Å²) in [5.74, 6) is -0.0592. The summed E-state index contributed by atoms with van der Waals surface area (Å²) >= 11 is 5.98. The molecule has 0 radical (unpaired) electrons. The summed E-state index contributed by atoms with van der Waals surface area (Å²) in [5, 5.41) is 3.52. The highest BCUT2D eigenvalue weighted by Gasteiger charge is 2.24. The van der Waals surface area contributed by atoms with E-state index in [2.05, 4.69) is 41.5 Å². The maximum Gasteiger partial charge on any atom is 0.439 e. The highest BCUT2D eigenvalue weighted by atomic mass is 35.5. The van der Waals surface area contributed by atoms with E-state index in [1.54, 1.807) is 6.33 Å². The first-order valence-corrected chi connectivity index (χ1v) is 10.5. The Balaban J connectivity index is 1.67. The minimum Gasteiger partial charge on any atom is -0.327 e. The van der Waals surface area contributed by atoms with Gasteiger partial charge < -0.3 is 4.57 Å². The zero-order valence-corrected chi connectivity index (χ0v) is 17.4. The van der Waals surface area contributed by atoms with Crippen LogP contribution in [0.25, 0.3) is 34.1 Å². The molecule has 5 rings (SSSR count). The van der Waals surface area contributed by atoms with Crippen molar-refractivity contribution in [3.63, 3.8) is 0 Å². The molecule has 1 fully saturated rings. The molecular weight excluding hydrogens is 425 g/mol. The maximum absolute atomic E-state index is 14.9. The fourth-order valence-electron chi connectivity index (χ4n) is 4.11. The Bertz CT molecular complexity index is 1310. The molecule has 9 nitrogen and oxygen atoms in total. The smallest absolute Gasteiger partial charge is 0.327 e. The Morgan fingerprint density at radius 2 is 2.06 bits per heavy atom. The Morgan fingerprint density at radius 1 is 1.26 bits per heavy atom. The zero-order chi connectivity index (χ0) is 21.5. The van der Waals surface area contributed by atoms with Crippen molar-refractivity contribution in [1.29, 1.82) is 0 Å². The Morgan fingerprint density at radius 3 is 2.81 bits per heavy atom. The number of fused-ring (bicyclic) bond motifs is 1. The van der Waals surface area contributed by atoms with Crippen molar-refractivity contribution in [2.75, 3.05) is 0 Å². The van der Waals surface area contributed by atoms with Crippen molar-refractivity contribution in [2.24, 2.45) is 11.8 Å². The standard InChI is InChI=1S/C20H19ClFN7O2/c1-10-2-4-11(5-3-10)8-29-9-24-17-16(29)15(12-6-23-7-13(21)14(12)22)25-18(26-17)19-27-20(30)31-28-19/h6-7,9-11H,2-5,8H2,1H3,(H,27,28,30)/t10-,11-. The van der Waals surface area contributed by atoms with Crippen molar-refractivity contribution < 1.29 is 8.91 Å². The quantitative estimate of drug-likeness (QED) is 0.509. The van der Waals surface area contributed by atoms with E-state index in [-0.39, 0.29) is 27.9 Å². The molecule has 4 aromatic heterocycles. The van der Waals surface area contributed by atoms with Crippen LogP contribution in [0.5, 0.6) is 0 Å². The van der Waals surface area contributed by atoms with Gasteiger partial charge in [0.2, 0.25) is 11.6 Å². The molecular formula is C20H19ClFN7O2. The average molecular weight is 444 g/mol. The van der Waals surface area contributed by atoms with Crippen molar-refractivity contribution in [3.05, 3.63) is 40.1 Å². The third kappa shape index (κ3) is 3.71. The minimum absolute atomic E-state index is 0.0272. The summed E-state index contributed by atoms with van der Waals surface area (Å²) < 4.78 is 21.5. The molecule has 0 unspecified atom stereocenters. The number of hydrogen-bond acceptors (Lipinski definition) is 7. The summed E-state index contributed by atoms with van der Waals surface area (Å²) in [4.78, 5) is 31.1. The second-order valence-corrected chi connectivity index (χ2v) is 8.42. The van der Waals surface area contributed by atoms with Gasteiger partial charge in [-0.1, -0.05) is 36.5 Å². The Kier molecular flexibility index (Phi) is 5.01. The predicted molar refractivity (Wildman–Crippen MR) is 111 cm³/mol. The Hall–Kier alpha value is -3.14. The third-order valence-corrected chi connectivity index (χ3v) is 6.07. The van der Waals surface area contributed by atoms with Gasteiger partial charge in [0.25, 0.3) is 0 Å². The minimum atomic E-state index is -0.743. The number of nitrogens with one attached hydrogen (secondary N) is 1. The van der Waals surface area contributed by atoms with Crippen LogP contribution in [0.4, 0.5) is 4.39 Å². The SMILES string of the molecule is C[C@H]1CC[C@H](Cn2cnc3nc(-c4noc(=O)[nH]4)nc(-c4cncc(Cl)c4F)c32)CC1. The van der Waals surface area contributed by atoms with Gasteiger partial charge in [-0.05, 0) is 24.7 Å². The fourth-order valence-corrected chi connectivity index (χ4v) is 4.27. The zero-order valence-electron chi connectivity index (χ0n) is 16.7. The lowest BCUT2D eigenvalue weighted by Crippen LogP contribution is -2.17. The van der Waals surface area contributed by atoms with Gasteiger partial charge in [-0.2, -0.15) is 0 Å². The number of rotatable bonds is 4. The van der Waals surface area contributed by atoms with E-state index < -0.39 is 11.6 Å². The molecule has 0 atom stereocenters. The van der Waals surface area contributed by atoms with Gasteiger partial charge in [-0.15, -0.1) is 0 Å². The van der Waals surface area contributed by atoms with E-state index in [9.17, 15) is 9.18 Å². The maximum atomic E-state index is 14.9. The normalized spacial score (nSPS) is 19.2. The number of aromatic amines is 1. The lowest BCUT2D eigenvalue weighted by Gasteiger charge is -2.26. The molecule has 1 saturated carbocycles. The largest absolute Gasteiger partial charge is 0.439 e. The van der Waals surface area contributed by atoms with Crippen LogP contribution in [-0.2, 0) is 6.54 Å². The van der Waals surface area contributed by atoms with E-state index in [1.165, 1.54) is 25.2 Å². The van der Waals surface area contributed by atoms with Gasteiger partial charge in [-0.3, -0.25) is 14.5 Å². The third-order valence-electron chi connectivity index (χ3n) is 5.81. The molecule has 11 heteroatoms. The lowest BCUT2D eigenvalue weighted by atomic mass is 9.83. The molecule has 160 valence electrons. The molecule has 1 aliphatic carbocycles. The predicted octanol–water partition coefficient (Wildman–Crippen LogP) is 3.85. The molecule has 4 heterocycles. The van der Waals surface area contributed by atoms with Crippen LogP contribution in [0.1, 0.15) is 32.6 Å². The van der Waals surface area contributed by atoms with Gasteiger partial charge in [0, 0.05) is 18.9 Å². The molecule has 31 heavy (non-hydrogen) atoms. The molecule has 0 aromatic carbocycles. The van der Waals surface area contributed by atoms with Crippen LogP contribution >= 0.6 is 11.6 Å². The summed E-state index contributed by atoms with van der Waals surface area (Å²) in [5.41, 5.74) is 1.33. The monoisotopic (exact) mass is 443 g/mol. The van der Waals surface area contributed by atoms with E-state index in [0.29, 0.717) is 17.1 Å². The highest BCUT2D eigenvalue weighted by Crippen LogP contribution is 2.34. The number of H-pyrrole nitrogens is 1. The van der Waals surface area contributed by atoms with Crippen molar-refractivity contribution >= 4 is 22.8 Å². The number of hydrogen-bond donors (Lipinski definition) is 1. The van der Waals surface area contributed by atoms with E-state index in [1.807, 2.05) is 4.57 Å². The first-order valence-electron chi connectivity index (χ1n) is 10.1. The molecule has 0 saturated heterocycles. The molecule has 1 aliphatic rings. The number of nitrogens with zero attached hydrogens (tertiary/aromatic N) is 6. The van der Waals surface area contributed by atoms with Crippen molar-refractivity contribution in [1.82, 2.24) is 34.6 Å². The lowest BCUT2D eigenvalue weighted by molar-refractivity contribution is 0.266. The number of halogens is 2. The van der Waals surface area contributed by atoms with E-state index in [4.69, 9.17) is 11.6 Å². The average Bonchev–Trinajstić information content (AvgIpc) is 3.37. The topological polar surface area (TPSA) is 115 Å². The molecule has 1 N–H and O–H groups in total. The summed E-state index contributed by atoms with van der Waals surface area (Å²) in [6.07, 6.45) is 8.92. The number of aromatic nitrogens is 7. The van der Waals surface area contributed by atoms with Crippen LogP contribution in [0, 0.1) is 17.7 Å². The molecule has 0 spiro atoms. The van der Waals surface area contributed by atoms with E-state index in [0.717, 1.165) is 25.3 Å². The summed E-state index contributed by atoms with van der Waals surface area (Å²) in [7, 11) is 0. The highest BCUT2D eigenvalue weighted by molar-refractivity contribution is 6.30. The van der Waals surface area contributed by atoms with Gasteiger partial charge >= 0.3 is 5.76 Å². The van der Waals surface area contributed by atoms with Gasteiger partial charge in [0.15, 0.2) is 11.5 Å². The Labute approximate surface area is 180 Å². The first-order chi connectivity index (χ1) is 15.0. The second-order valence-electron chi connectivity index (χ2n) is 8.02. The van der Waals surface area contributed by atoms with Crippen LogP contribution in [0.3, 0.4) is 0 Å². The van der Waals surface area contributed by atoms with Gasteiger partial charge in [-0.25, -0.2) is 24.1 Å². The van der Waals surface area contributed by atoms with Crippen molar-refractivity contribution in [3.8, 4) is 22.9 Å². The van der Waals surface area contributed by atoms with Crippen molar-refractivity contribution in [2.45, 2.75) is 39.2 Å². The molecule has 0 amide bonds. The molecule has 4 aromatic rings.